The zero-order valence-electron chi connectivity index (χ0n) is 18.8. The lowest BCUT2D eigenvalue weighted by Gasteiger charge is -2.41. The first kappa shape index (κ1) is 26.7. The standard InChI is InChI=1S/C23H24ClF5N4O2/c1-14-12-33(9-8-32(14)7-6-23(27,28)29)19-10-16(24)3-5-18(19)31-22(35)17-4-2-15(11-30-13-34)20(25)21(17)26/h2-5,10,13-14H,6-9,11-12H2,1H3,(H,30,34)(H,31,35). The molecular formula is C23H24ClF5N4O2. The highest BCUT2D eigenvalue weighted by molar-refractivity contribution is 6.31. The van der Waals surface area contributed by atoms with Crippen LogP contribution < -0.4 is 15.5 Å². The summed E-state index contributed by atoms with van der Waals surface area (Å²) in [6, 6.07) is 6.76. The number of carbonyl (C=O) groups is 2. The van der Waals surface area contributed by atoms with Crippen LogP contribution in [0.3, 0.4) is 0 Å². The van der Waals surface area contributed by atoms with Gasteiger partial charge in [-0.25, -0.2) is 8.78 Å². The van der Waals surface area contributed by atoms with Gasteiger partial charge in [-0.05, 0) is 31.2 Å². The minimum atomic E-state index is -4.24. The number of benzene rings is 2. The first-order valence-electron chi connectivity index (χ1n) is 10.8. The lowest BCUT2D eigenvalue weighted by molar-refractivity contribution is -0.139. The van der Waals surface area contributed by atoms with E-state index >= 15 is 0 Å². The number of hydrogen-bond donors (Lipinski definition) is 2. The molecule has 0 spiro atoms. The van der Waals surface area contributed by atoms with Gasteiger partial charge in [0.25, 0.3) is 5.91 Å². The third-order valence-corrected chi connectivity index (χ3v) is 6.01. The van der Waals surface area contributed by atoms with Crippen LogP contribution in [0, 0.1) is 11.6 Å². The number of nitrogens with zero attached hydrogens (tertiary/aromatic N) is 2. The van der Waals surface area contributed by atoms with Crippen molar-refractivity contribution in [3.05, 3.63) is 58.1 Å². The van der Waals surface area contributed by atoms with Gasteiger partial charge in [-0.2, -0.15) is 13.2 Å². The van der Waals surface area contributed by atoms with Gasteiger partial charge in [0.15, 0.2) is 11.6 Å². The van der Waals surface area contributed by atoms with Gasteiger partial charge in [-0.1, -0.05) is 17.7 Å². The third kappa shape index (κ3) is 6.82. The van der Waals surface area contributed by atoms with Crippen LogP contribution in [0.1, 0.15) is 29.3 Å². The van der Waals surface area contributed by atoms with E-state index in [-0.39, 0.29) is 24.7 Å². The van der Waals surface area contributed by atoms with E-state index in [0.29, 0.717) is 42.4 Å². The molecule has 1 heterocycles. The van der Waals surface area contributed by atoms with Crippen molar-refractivity contribution in [2.45, 2.75) is 32.1 Å². The SMILES string of the molecule is CC1CN(c2cc(Cl)ccc2NC(=O)c2ccc(CNC=O)c(F)c2F)CCN1CCC(F)(F)F. The normalized spacial score (nSPS) is 16.8. The molecule has 1 aliphatic heterocycles. The van der Waals surface area contributed by atoms with E-state index in [0.717, 1.165) is 6.07 Å². The van der Waals surface area contributed by atoms with Crippen LogP contribution >= 0.6 is 11.6 Å². The Morgan fingerprint density at radius 2 is 1.91 bits per heavy atom. The largest absolute Gasteiger partial charge is 0.390 e. The predicted molar refractivity (Wildman–Crippen MR) is 123 cm³/mol. The molecule has 1 saturated heterocycles. The summed E-state index contributed by atoms with van der Waals surface area (Å²) in [5.41, 5.74) is 0.169. The maximum absolute atomic E-state index is 14.5. The van der Waals surface area contributed by atoms with Crippen molar-refractivity contribution in [1.82, 2.24) is 10.2 Å². The Morgan fingerprint density at radius 3 is 2.57 bits per heavy atom. The second-order valence-corrected chi connectivity index (χ2v) is 8.65. The summed E-state index contributed by atoms with van der Waals surface area (Å²) < 4.78 is 66.7. The van der Waals surface area contributed by atoms with Crippen LogP contribution in [0.15, 0.2) is 30.3 Å². The van der Waals surface area contributed by atoms with E-state index in [1.54, 1.807) is 11.0 Å². The summed E-state index contributed by atoms with van der Waals surface area (Å²) in [5, 5.41) is 5.17. The van der Waals surface area contributed by atoms with Crippen molar-refractivity contribution in [3.63, 3.8) is 0 Å². The monoisotopic (exact) mass is 518 g/mol. The summed E-state index contributed by atoms with van der Waals surface area (Å²) in [6.45, 7) is 2.59. The number of nitrogens with one attached hydrogen (secondary N) is 2. The highest BCUT2D eigenvalue weighted by atomic mass is 35.5. The maximum Gasteiger partial charge on any atom is 0.390 e. The Hall–Kier alpha value is -2.92. The minimum Gasteiger partial charge on any atom is -0.367 e. The third-order valence-electron chi connectivity index (χ3n) is 5.78. The van der Waals surface area contributed by atoms with Crippen molar-refractivity contribution in [1.29, 1.82) is 0 Å². The lowest BCUT2D eigenvalue weighted by Crippen LogP contribution is -2.52. The number of piperazine rings is 1. The summed E-state index contributed by atoms with van der Waals surface area (Å²) in [4.78, 5) is 26.8. The molecule has 1 fully saturated rings. The second kappa shape index (κ2) is 11.2. The molecule has 2 aromatic carbocycles. The fourth-order valence-corrected chi connectivity index (χ4v) is 4.10. The molecule has 2 N–H and O–H groups in total. The Balaban J connectivity index is 1.77. The summed E-state index contributed by atoms with van der Waals surface area (Å²) in [5.74, 6) is -3.49. The predicted octanol–water partition coefficient (Wildman–Crippen LogP) is 4.58. The van der Waals surface area contributed by atoms with Gasteiger partial charge in [0, 0.05) is 49.4 Å². The Kier molecular flexibility index (Phi) is 8.55. The molecule has 0 saturated carbocycles. The number of hydrogen-bond acceptors (Lipinski definition) is 4. The summed E-state index contributed by atoms with van der Waals surface area (Å²) in [7, 11) is 0. The first-order chi connectivity index (χ1) is 16.5. The molecule has 0 aromatic heterocycles. The Morgan fingerprint density at radius 1 is 1.17 bits per heavy atom. The number of carbonyl (C=O) groups excluding carboxylic acids is 2. The van der Waals surface area contributed by atoms with Crippen LogP contribution in [0.4, 0.5) is 33.3 Å². The van der Waals surface area contributed by atoms with Gasteiger partial charge < -0.3 is 15.5 Å². The molecule has 0 bridgehead atoms. The second-order valence-electron chi connectivity index (χ2n) is 8.21. The number of anilines is 2. The molecule has 6 nitrogen and oxygen atoms in total. The van der Waals surface area contributed by atoms with E-state index in [1.165, 1.54) is 18.2 Å². The molecule has 0 radical (unpaired) electrons. The van der Waals surface area contributed by atoms with E-state index in [2.05, 4.69) is 10.6 Å². The zero-order chi connectivity index (χ0) is 25.8. The van der Waals surface area contributed by atoms with Gasteiger partial charge in [-0.15, -0.1) is 0 Å². The summed E-state index contributed by atoms with van der Waals surface area (Å²) >= 11 is 6.14. The average Bonchev–Trinajstić information content (AvgIpc) is 2.79. The van der Waals surface area contributed by atoms with Gasteiger partial charge in [0.05, 0.1) is 23.4 Å². The van der Waals surface area contributed by atoms with Gasteiger partial charge in [0.2, 0.25) is 6.41 Å². The van der Waals surface area contributed by atoms with Crippen LogP contribution in [-0.4, -0.2) is 55.6 Å². The fourth-order valence-electron chi connectivity index (χ4n) is 3.93. The topological polar surface area (TPSA) is 64.7 Å². The van der Waals surface area contributed by atoms with E-state index in [9.17, 15) is 31.5 Å². The van der Waals surface area contributed by atoms with Crippen molar-refractivity contribution < 1.29 is 31.5 Å². The Labute approximate surface area is 204 Å². The van der Waals surface area contributed by atoms with Crippen LogP contribution in [0.2, 0.25) is 5.02 Å². The smallest absolute Gasteiger partial charge is 0.367 e. The van der Waals surface area contributed by atoms with Crippen molar-refractivity contribution in [3.8, 4) is 0 Å². The molecule has 2 aromatic rings. The molecule has 3 rings (SSSR count). The fraction of sp³-hybridized carbons (Fsp3) is 0.391. The van der Waals surface area contributed by atoms with Gasteiger partial charge in [0.1, 0.15) is 0 Å². The molecule has 1 aliphatic rings. The summed E-state index contributed by atoms with van der Waals surface area (Å²) in [6.07, 6.45) is -4.79. The van der Waals surface area contributed by atoms with Crippen LogP contribution in [0.5, 0.6) is 0 Å². The molecule has 2 amide bonds. The van der Waals surface area contributed by atoms with Gasteiger partial charge >= 0.3 is 6.18 Å². The van der Waals surface area contributed by atoms with Gasteiger partial charge in [-0.3, -0.25) is 14.5 Å². The number of rotatable bonds is 8. The highest BCUT2D eigenvalue weighted by Crippen LogP contribution is 2.32. The zero-order valence-corrected chi connectivity index (χ0v) is 19.5. The molecule has 0 aliphatic carbocycles. The first-order valence-corrected chi connectivity index (χ1v) is 11.2. The highest BCUT2D eigenvalue weighted by Gasteiger charge is 2.31. The average molecular weight is 519 g/mol. The van der Waals surface area contributed by atoms with E-state index < -0.39 is 35.7 Å². The molecule has 35 heavy (non-hydrogen) atoms. The number of halogens is 6. The lowest BCUT2D eigenvalue weighted by atomic mass is 10.1. The minimum absolute atomic E-state index is 0.110. The van der Waals surface area contributed by atoms with Crippen molar-refractivity contribution in [2.24, 2.45) is 0 Å². The van der Waals surface area contributed by atoms with Crippen LogP contribution in [-0.2, 0) is 11.3 Å². The molecule has 1 unspecified atom stereocenters. The quantitative estimate of drug-likeness (QED) is 0.397. The number of alkyl halides is 3. The van der Waals surface area contributed by atoms with E-state index in [1.807, 2.05) is 11.8 Å². The van der Waals surface area contributed by atoms with Crippen LogP contribution in [0.25, 0.3) is 0 Å². The van der Waals surface area contributed by atoms with E-state index in [4.69, 9.17) is 11.6 Å². The molecular weight excluding hydrogens is 495 g/mol. The van der Waals surface area contributed by atoms with Crippen molar-refractivity contribution in [2.75, 3.05) is 36.4 Å². The molecule has 1 atom stereocenters. The maximum atomic E-state index is 14.5. The molecule has 190 valence electrons. The molecule has 12 heteroatoms. The number of amides is 2. The van der Waals surface area contributed by atoms with Crippen molar-refractivity contribution >= 4 is 35.3 Å². The Bertz CT molecular complexity index is 1080.